The molecule has 2 rings (SSSR count). The SMILES string of the molecule is CCNc1nnc(C2CCCC2)o1. The average molecular weight is 181 g/mol. The molecule has 1 aromatic heterocycles. The van der Waals surface area contributed by atoms with E-state index in [-0.39, 0.29) is 0 Å². The van der Waals surface area contributed by atoms with Crippen molar-refractivity contribution >= 4 is 6.01 Å². The Balaban J connectivity index is 2.03. The molecular formula is C9H15N3O. The maximum absolute atomic E-state index is 5.47. The van der Waals surface area contributed by atoms with E-state index in [1.807, 2.05) is 6.92 Å². The Labute approximate surface area is 77.7 Å². The summed E-state index contributed by atoms with van der Waals surface area (Å²) in [6.45, 7) is 2.84. The van der Waals surface area contributed by atoms with Gasteiger partial charge in [0.2, 0.25) is 5.89 Å². The highest BCUT2D eigenvalue weighted by Gasteiger charge is 2.22. The minimum Gasteiger partial charge on any atom is -0.408 e. The first-order valence-electron chi connectivity index (χ1n) is 4.97. The lowest BCUT2D eigenvalue weighted by molar-refractivity contribution is 0.457. The van der Waals surface area contributed by atoms with Gasteiger partial charge in [0.15, 0.2) is 0 Å². The monoisotopic (exact) mass is 181 g/mol. The first-order valence-corrected chi connectivity index (χ1v) is 4.97. The predicted octanol–water partition coefficient (Wildman–Crippen LogP) is 2.16. The molecule has 72 valence electrons. The Morgan fingerprint density at radius 2 is 2.15 bits per heavy atom. The van der Waals surface area contributed by atoms with Gasteiger partial charge in [0.05, 0.1) is 0 Å². The zero-order valence-electron chi connectivity index (χ0n) is 7.92. The van der Waals surface area contributed by atoms with Crippen molar-refractivity contribution in [1.29, 1.82) is 0 Å². The number of nitrogens with zero attached hydrogens (tertiary/aromatic N) is 2. The highest BCUT2D eigenvalue weighted by Crippen LogP contribution is 2.33. The van der Waals surface area contributed by atoms with Crippen molar-refractivity contribution < 1.29 is 4.42 Å². The van der Waals surface area contributed by atoms with Gasteiger partial charge in [-0.2, -0.15) is 0 Å². The minimum absolute atomic E-state index is 0.514. The van der Waals surface area contributed by atoms with Crippen LogP contribution in [0.25, 0.3) is 0 Å². The molecule has 0 aliphatic heterocycles. The molecular weight excluding hydrogens is 166 g/mol. The average Bonchev–Trinajstić information content (AvgIpc) is 2.70. The standard InChI is InChI=1S/C9H15N3O/c1-2-10-9-12-11-8(13-9)7-5-3-4-6-7/h7H,2-6H2,1H3,(H,10,12). The number of nitrogens with one attached hydrogen (secondary N) is 1. The first-order chi connectivity index (χ1) is 6.40. The van der Waals surface area contributed by atoms with Crippen LogP contribution in [0.1, 0.15) is 44.4 Å². The topological polar surface area (TPSA) is 51.0 Å². The third kappa shape index (κ3) is 1.82. The van der Waals surface area contributed by atoms with Crippen LogP contribution in [0, 0.1) is 0 Å². The number of rotatable bonds is 3. The quantitative estimate of drug-likeness (QED) is 0.776. The van der Waals surface area contributed by atoms with Crippen LogP contribution in [0.2, 0.25) is 0 Å². The third-order valence-electron chi connectivity index (χ3n) is 2.47. The van der Waals surface area contributed by atoms with Crippen molar-refractivity contribution in [1.82, 2.24) is 10.2 Å². The number of hydrogen-bond acceptors (Lipinski definition) is 4. The Hall–Kier alpha value is -1.06. The molecule has 1 fully saturated rings. The van der Waals surface area contributed by atoms with Crippen LogP contribution in [0.3, 0.4) is 0 Å². The number of aromatic nitrogens is 2. The molecule has 0 amide bonds. The van der Waals surface area contributed by atoms with Crippen LogP contribution in [0.4, 0.5) is 6.01 Å². The molecule has 0 atom stereocenters. The van der Waals surface area contributed by atoms with Crippen LogP contribution in [-0.4, -0.2) is 16.7 Å². The van der Waals surface area contributed by atoms with Gasteiger partial charge in [0, 0.05) is 12.5 Å². The molecule has 0 saturated heterocycles. The molecule has 0 radical (unpaired) electrons. The summed E-state index contributed by atoms with van der Waals surface area (Å²) in [4.78, 5) is 0. The van der Waals surface area contributed by atoms with Crippen LogP contribution >= 0.6 is 0 Å². The van der Waals surface area contributed by atoms with Crippen LogP contribution < -0.4 is 5.32 Å². The molecule has 0 bridgehead atoms. The molecule has 1 aliphatic rings. The lowest BCUT2D eigenvalue weighted by atomic mass is 10.1. The summed E-state index contributed by atoms with van der Waals surface area (Å²) in [6.07, 6.45) is 4.99. The van der Waals surface area contributed by atoms with Gasteiger partial charge in [-0.3, -0.25) is 0 Å². The van der Waals surface area contributed by atoms with Crippen LogP contribution in [-0.2, 0) is 0 Å². The molecule has 4 nitrogen and oxygen atoms in total. The Bertz CT molecular complexity index is 266. The van der Waals surface area contributed by atoms with Gasteiger partial charge in [-0.25, -0.2) is 0 Å². The van der Waals surface area contributed by atoms with Crippen molar-refractivity contribution in [3.8, 4) is 0 Å². The number of anilines is 1. The van der Waals surface area contributed by atoms with Gasteiger partial charge in [-0.15, -0.1) is 5.10 Å². The Morgan fingerprint density at radius 1 is 1.38 bits per heavy atom. The van der Waals surface area contributed by atoms with Crippen molar-refractivity contribution in [3.05, 3.63) is 5.89 Å². The molecule has 4 heteroatoms. The molecule has 0 unspecified atom stereocenters. The summed E-state index contributed by atoms with van der Waals surface area (Å²) in [5.41, 5.74) is 0. The normalized spacial score (nSPS) is 17.9. The molecule has 0 aromatic carbocycles. The maximum atomic E-state index is 5.47. The molecule has 1 heterocycles. The van der Waals surface area contributed by atoms with Gasteiger partial charge in [0.1, 0.15) is 0 Å². The molecule has 13 heavy (non-hydrogen) atoms. The fourth-order valence-corrected chi connectivity index (χ4v) is 1.79. The Morgan fingerprint density at radius 3 is 2.85 bits per heavy atom. The lowest BCUT2D eigenvalue weighted by Crippen LogP contribution is -1.95. The molecule has 1 saturated carbocycles. The fraction of sp³-hybridized carbons (Fsp3) is 0.778. The second kappa shape index (κ2) is 3.77. The van der Waals surface area contributed by atoms with E-state index in [4.69, 9.17) is 4.42 Å². The summed E-state index contributed by atoms with van der Waals surface area (Å²) >= 11 is 0. The molecule has 0 spiro atoms. The van der Waals surface area contributed by atoms with Crippen molar-refractivity contribution in [3.63, 3.8) is 0 Å². The van der Waals surface area contributed by atoms with Gasteiger partial charge < -0.3 is 9.73 Å². The summed E-state index contributed by atoms with van der Waals surface area (Å²) in [7, 11) is 0. The second-order valence-electron chi connectivity index (χ2n) is 3.46. The number of hydrogen-bond donors (Lipinski definition) is 1. The third-order valence-corrected chi connectivity index (χ3v) is 2.47. The van der Waals surface area contributed by atoms with Crippen molar-refractivity contribution in [2.24, 2.45) is 0 Å². The summed E-state index contributed by atoms with van der Waals surface area (Å²) in [5.74, 6) is 1.33. The van der Waals surface area contributed by atoms with Gasteiger partial charge in [-0.1, -0.05) is 17.9 Å². The van der Waals surface area contributed by atoms with E-state index in [2.05, 4.69) is 15.5 Å². The second-order valence-corrected chi connectivity index (χ2v) is 3.46. The molecule has 1 aromatic rings. The van der Waals surface area contributed by atoms with Crippen LogP contribution in [0.5, 0.6) is 0 Å². The summed E-state index contributed by atoms with van der Waals surface area (Å²) in [6, 6.07) is 0.560. The van der Waals surface area contributed by atoms with E-state index in [1.54, 1.807) is 0 Å². The van der Waals surface area contributed by atoms with E-state index in [9.17, 15) is 0 Å². The van der Waals surface area contributed by atoms with Crippen molar-refractivity contribution in [2.75, 3.05) is 11.9 Å². The highest BCUT2D eigenvalue weighted by molar-refractivity contribution is 5.16. The largest absolute Gasteiger partial charge is 0.408 e. The van der Waals surface area contributed by atoms with E-state index in [0.717, 1.165) is 12.4 Å². The Kier molecular flexibility index (Phi) is 2.47. The summed E-state index contributed by atoms with van der Waals surface area (Å²) < 4.78 is 5.47. The zero-order chi connectivity index (χ0) is 9.10. The van der Waals surface area contributed by atoms with E-state index < -0.39 is 0 Å². The van der Waals surface area contributed by atoms with E-state index in [0.29, 0.717) is 11.9 Å². The van der Waals surface area contributed by atoms with E-state index >= 15 is 0 Å². The maximum Gasteiger partial charge on any atom is 0.315 e. The van der Waals surface area contributed by atoms with Crippen molar-refractivity contribution in [2.45, 2.75) is 38.5 Å². The molecule has 1 N–H and O–H groups in total. The highest BCUT2D eigenvalue weighted by atomic mass is 16.4. The molecule has 1 aliphatic carbocycles. The smallest absolute Gasteiger partial charge is 0.315 e. The van der Waals surface area contributed by atoms with Gasteiger partial charge in [0.25, 0.3) is 0 Å². The van der Waals surface area contributed by atoms with Gasteiger partial charge >= 0.3 is 6.01 Å². The zero-order valence-corrected chi connectivity index (χ0v) is 7.92. The minimum atomic E-state index is 0.514. The fourth-order valence-electron chi connectivity index (χ4n) is 1.79. The van der Waals surface area contributed by atoms with E-state index in [1.165, 1.54) is 25.7 Å². The summed E-state index contributed by atoms with van der Waals surface area (Å²) in [5, 5.41) is 11.0. The predicted molar refractivity (Wildman–Crippen MR) is 49.7 cm³/mol. The lowest BCUT2D eigenvalue weighted by Gasteiger charge is -2.00. The first kappa shape index (κ1) is 8.53. The van der Waals surface area contributed by atoms with Gasteiger partial charge in [-0.05, 0) is 19.8 Å². The van der Waals surface area contributed by atoms with Crippen LogP contribution in [0.15, 0.2) is 4.42 Å².